The first kappa shape index (κ1) is 13.4. The maximum atomic E-state index is 11.8. The highest BCUT2D eigenvalue weighted by Gasteiger charge is 2.35. The molecule has 0 unspecified atom stereocenters. The standard InChI is InChI=1S/C15H18N2O2/c1-12-5-4-6-13(9-12)19-10-14(18)17-15(11-16)7-2-3-8-15/h4-6,9H,2-3,7-8,10H2,1H3,(H,17,18). The van der Waals surface area contributed by atoms with Crippen LogP contribution in [0.4, 0.5) is 0 Å². The molecule has 1 aromatic carbocycles. The van der Waals surface area contributed by atoms with E-state index in [2.05, 4.69) is 11.4 Å². The predicted octanol–water partition coefficient (Wildman–Crippen LogP) is 2.33. The molecule has 1 fully saturated rings. The summed E-state index contributed by atoms with van der Waals surface area (Å²) in [5.74, 6) is 0.442. The highest BCUT2D eigenvalue weighted by Crippen LogP contribution is 2.28. The molecule has 0 saturated heterocycles. The van der Waals surface area contributed by atoms with Gasteiger partial charge in [-0.3, -0.25) is 4.79 Å². The number of hydrogen-bond acceptors (Lipinski definition) is 3. The van der Waals surface area contributed by atoms with Crippen molar-refractivity contribution in [3.05, 3.63) is 29.8 Å². The quantitative estimate of drug-likeness (QED) is 0.901. The summed E-state index contributed by atoms with van der Waals surface area (Å²) in [7, 11) is 0. The lowest BCUT2D eigenvalue weighted by atomic mass is 10.00. The fourth-order valence-electron chi connectivity index (χ4n) is 2.40. The van der Waals surface area contributed by atoms with E-state index >= 15 is 0 Å². The van der Waals surface area contributed by atoms with E-state index in [1.54, 1.807) is 0 Å². The van der Waals surface area contributed by atoms with Crippen molar-refractivity contribution in [3.8, 4) is 11.8 Å². The second-order valence-corrected chi connectivity index (χ2v) is 5.05. The van der Waals surface area contributed by atoms with Crippen molar-refractivity contribution < 1.29 is 9.53 Å². The highest BCUT2D eigenvalue weighted by molar-refractivity contribution is 5.79. The van der Waals surface area contributed by atoms with Crippen LogP contribution in [-0.2, 0) is 4.79 Å². The molecule has 1 aliphatic rings. The van der Waals surface area contributed by atoms with Crippen molar-refractivity contribution in [2.24, 2.45) is 0 Å². The Bertz CT molecular complexity index is 499. The molecule has 1 saturated carbocycles. The van der Waals surface area contributed by atoms with Crippen molar-refractivity contribution in [1.29, 1.82) is 5.26 Å². The molecule has 0 radical (unpaired) electrons. The summed E-state index contributed by atoms with van der Waals surface area (Å²) < 4.78 is 5.43. The Labute approximate surface area is 113 Å². The van der Waals surface area contributed by atoms with E-state index in [1.807, 2.05) is 31.2 Å². The first-order valence-electron chi connectivity index (χ1n) is 6.55. The second-order valence-electron chi connectivity index (χ2n) is 5.05. The fraction of sp³-hybridized carbons (Fsp3) is 0.467. The van der Waals surface area contributed by atoms with Gasteiger partial charge in [0.1, 0.15) is 11.3 Å². The molecule has 0 bridgehead atoms. The van der Waals surface area contributed by atoms with Gasteiger partial charge in [0.15, 0.2) is 6.61 Å². The zero-order valence-corrected chi connectivity index (χ0v) is 11.1. The molecule has 0 heterocycles. The summed E-state index contributed by atoms with van der Waals surface area (Å²) in [5, 5.41) is 12.0. The molecule has 1 aromatic rings. The Kier molecular flexibility index (Phi) is 4.06. The zero-order valence-electron chi connectivity index (χ0n) is 11.1. The van der Waals surface area contributed by atoms with Crippen LogP contribution in [-0.4, -0.2) is 18.1 Å². The van der Waals surface area contributed by atoms with Crippen LogP contribution in [0.5, 0.6) is 5.75 Å². The average molecular weight is 258 g/mol. The Hall–Kier alpha value is -2.02. The highest BCUT2D eigenvalue weighted by atomic mass is 16.5. The van der Waals surface area contributed by atoms with Crippen molar-refractivity contribution >= 4 is 5.91 Å². The predicted molar refractivity (Wildman–Crippen MR) is 71.6 cm³/mol. The minimum atomic E-state index is -0.674. The van der Waals surface area contributed by atoms with Gasteiger partial charge in [0.2, 0.25) is 0 Å². The van der Waals surface area contributed by atoms with Gasteiger partial charge in [0, 0.05) is 0 Å². The summed E-state index contributed by atoms with van der Waals surface area (Å²) in [4.78, 5) is 11.8. The van der Waals surface area contributed by atoms with Gasteiger partial charge in [0.25, 0.3) is 5.91 Å². The van der Waals surface area contributed by atoms with Gasteiger partial charge in [-0.2, -0.15) is 5.26 Å². The number of benzene rings is 1. The van der Waals surface area contributed by atoms with Gasteiger partial charge in [-0.05, 0) is 50.3 Å². The van der Waals surface area contributed by atoms with Crippen molar-refractivity contribution in [3.63, 3.8) is 0 Å². The van der Waals surface area contributed by atoms with Gasteiger partial charge >= 0.3 is 0 Å². The number of rotatable bonds is 4. The van der Waals surface area contributed by atoms with E-state index in [9.17, 15) is 10.1 Å². The molecule has 19 heavy (non-hydrogen) atoms. The smallest absolute Gasteiger partial charge is 0.259 e. The monoisotopic (exact) mass is 258 g/mol. The van der Waals surface area contributed by atoms with Crippen LogP contribution in [0.15, 0.2) is 24.3 Å². The summed E-state index contributed by atoms with van der Waals surface area (Å²) >= 11 is 0. The van der Waals surface area contributed by atoms with Crippen LogP contribution in [0.25, 0.3) is 0 Å². The number of nitrogens with one attached hydrogen (secondary N) is 1. The maximum Gasteiger partial charge on any atom is 0.259 e. The number of nitriles is 1. The lowest BCUT2D eigenvalue weighted by molar-refractivity contribution is -0.124. The Morgan fingerprint density at radius 3 is 2.84 bits per heavy atom. The molecule has 2 rings (SSSR count). The topological polar surface area (TPSA) is 62.1 Å². The zero-order chi connectivity index (χ0) is 13.7. The molecule has 100 valence electrons. The molecule has 4 heteroatoms. The number of carbonyl (C=O) groups excluding carboxylic acids is 1. The van der Waals surface area contributed by atoms with Crippen LogP contribution in [0.2, 0.25) is 0 Å². The third-order valence-corrected chi connectivity index (χ3v) is 3.41. The number of carbonyl (C=O) groups is 1. The van der Waals surface area contributed by atoms with Gasteiger partial charge < -0.3 is 10.1 Å². The molecular weight excluding hydrogens is 240 g/mol. The molecular formula is C15H18N2O2. The van der Waals surface area contributed by atoms with E-state index in [4.69, 9.17) is 4.74 Å². The van der Waals surface area contributed by atoms with E-state index in [-0.39, 0.29) is 12.5 Å². The molecule has 1 amide bonds. The third-order valence-electron chi connectivity index (χ3n) is 3.41. The molecule has 0 aliphatic heterocycles. The summed E-state index contributed by atoms with van der Waals surface area (Å²) in [5.41, 5.74) is 0.412. The summed E-state index contributed by atoms with van der Waals surface area (Å²) in [6.07, 6.45) is 3.46. The molecule has 0 aromatic heterocycles. The van der Waals surface area contributed by atoms with Gasteiger partial charge in [-0.1, -0.05) is 12.1 Å². The first-order chi connectivity index (χ1) is 9.13. The lowest BCUT2D eigenvalue weighted by Gasteiger charge is -2.21. The Morgan fingerprint density at radius 2 is 2.21 bits per heavy atom. The fourth-order valence-corrected chi connectivity index (χ4v) is 2.40. The third kappa shape index (κ3) is 3.47. The van der Waals surface area contributed by atoms with Crippen molar-refractivity contribution in [2.75, 3.05) is 6.61 Å². The maximum absolute atomic E-state index is 11.8. The van der Waals surface area contributed by atoms with Crippen LogP contribution in [0.3, 0.4) is 0 Å². The minimum Gasteiger partial charge on any atom is -0.484 e. The number of ether oxygens (including phenoxy) is 1. The van der Waals surface area contributed by atoms with Gasteiger partial charge in [-0.15, -0.1) is 0 Å². The van der Waals surface area contributed by atoms with E-state index in [0.717, 1.165) is 31.2 Å². The van der Waals surface area contributed by atoms with Crippen molar-refractivity contribution in [1.82, 2.24) is 5.32 Å². The van der Waals surface area contributed by atoms with Crippen LogP contribution < -0.4 is 10.1 Å². The largest absolute Gasteiger partial charge is 0.484 e. The number of amides is 1. The van der Waals surface area contributed by atoms with Crippen LogP contribution >= 0.6 is 0 Å². The number of nitrogens with zero attached hydrogens (tertiary/aromatic N) is 1. The Morgan fingerprint density at radius 1 is 1.47 bits per heavy atom. The lowest BCUT2D eigenvalue weighted by Crippen LogP contribution is -2.47. The van der Waals surface area contributed by atoms with Crippen LogP contribution in [0, 0.1) is 18.3 Å². The van der Waals surface area contributed by atoms with E-state index < -0.39 is 5.54 Å². The Balaban J connectivity index is 1.87. The van der Waals surface area contributed by atoms with Gasteiger partial charge in [-0.25, -0.2) is 0 Å². The number of hydrogen-bond donors (Lipinski definition) is 1. The second kappa shape index (κ2) is 5.75. The van der Waals surface area contributed by atoms with Crippen molar-refractivity contribution in [2.45, 2.75) is 38.1 Å². The summed E-state index contributed by atoms with van der Waals surface area (Å²) in [6, 6.07) is 9.78. The summed E-state index contributed by atoms with van der Waals surface area (Å²) in [6.45, 7) is 1.92. The average Bonchev–Trinajstić information content (AvgIpc) is 2.86. The molecule has 1 aliphatic carbocycles. The van der Waals surface area contributed by atoms with E-state index in [1.165, 1.54) is 0 Å². The number of aryl methyl sites for hydroxylation is 1. The van der Waals surface area contributed by atoms with E-state index in [0.29, 0.717) is 5.75 Å². The van der Waals surface area contributed by atoms with Crippen LogP contribution in [0.1, 0.15) is 31.2 Å². The molecule has 4 nitrogen and oxygen atoms in total. The molecule has 0 spiro atoms. The van der Waals surface area contributed by atoms with Gasteiger partial charge in [0.05, 0.1) is 6.07 Å². The SMILES string of the molecule is Cc1cccc(OCC(=O)NC2(C#N)CCCC2)c1. The normalized spacial score (nSPS) is 16.6. The minimum absolute atomic E-state index is 0.0487. The first-order valence-corrected chi connectivity index (χ1v) is 6.55. The molecule has 0 atom stereocenters. The molecule has 1 N–H and O–H groups in total.